The van der Waals surface area contributed by atoms with Crippen LogP contribution >= 0.6 is 0 Å². The highest BCUT2D eigenvalue weighted by atomic mass is 15.3. The lowest BCUT2D eigenvalue weighted by molar-refractivity contribution is -0.846. The maximum Gasteiger partial charge on any atom is 0.0913 e. The number of hydrogen-bond acceptors (Lipinski definition) is 0. The van der Waals surface area contributed by atoms with E-state index in [1.807, 2.05) is 0 Å². The molecule has 0 N–H and O–H groups in total. The van der Waals surface area contributed by atoms with Crippen molar-refractivity contribution in [3.05, 3.63) is 12.3 Å². The Morgan fingerprint density at radius 2 is 1.78 bits per heavy atom. The molecule has 0 spiro atoms. The molecule has 0 saturated carbocycles. The van der Waals surface area contributed by atoms with Crippen molar-refractivity contribution in [2.75, 3.05) is 20.1 Å². The molecule has 0 unspecified atom stereocenters. The molecule has 1 aliphatic rings. The van der Waals surface area contributed by atoms with Gasteiger partial charge in [0.25, 0.3) is 0 Å². The first-order valence-electron chi connectivity index (χ1n) is 3.75. The Hall–Kier alpha value is -0.300. The molecule has 0 aromatic carbocycles. The minimum Gasteiger partial charge on any atom is -0.300 e. The highest BCUT2D eigenvalue weighted by molar-refractivity contribution is 4.69. The Balaban J connectivity index is 2.51. The molecule has 0 amide bonds. The van der Waals surface area contributed by atoms with Gasteiger partial charge in [0.2, 0.25) is 0 Å². The number of nitrogens with zero attached hydrogens (tertiary/aromatic N) is 1. The largest absolute Gasteiger partial charge is 0.300 e. The van der Waals surface area contributed by atoms with Gasteiger partial charge in [-0.15, -0.1) is 0 Å². The molecule has 1 nitrogen and oxygen atoms in total. The molecule has 1 rings (SSSR count). The van der Waals surface area contributed by atoms with E-state index in [1.165, 1.54) is 25.9 Å². The second kappa shape index (κ2) is 2.53. The van der Waals surface area contributed by atoms with E-state index in [4.69, 9.17) is 0 Å². The van der Waals surface area contributed by atoms with Crippen molar-refractivity contribution >= 4 is 0 Å². The van der Waals surface area contributed by atoms with Gasteiger partial charge in [0, 0.05) is 12.8 Å². The summed E-state index contributed by atoms with van der Waals surface area (Å²) < 4.78 is 1.16. The third kappa shape index (κ3) is 1.55. The molecule has 1 saturated heterocycles. The van der Waals surface area contributed by atoms with Gasteiger partial charge in [0.1, 0.15) is 0 Å². The van der Waals surface area contributed by atoms with Crippen LogP contribution in [0.3, 0.4) is 0 Å². The predicted octanol–water partition coefficient (Wildman–Crippen LogP) is 1.76. The van der Waals surface area contributed by atoms with Gasteiger partial charge in [-0.05, 0) is 13.0 Å². The van der Waals surface area contributed by atoms with E-state index >= 15 is 0 Å². The Labute approximate surface area is 57.6 Å². The lowest BCUT2D eigenvalue weighted by atomic mass is 10.4. The second-order valence-electron chi connectivity index (χ2n) is 3.12. The summed E-state index contributed by atoms with van der Waals surface area (Å²) in [6, 6.07) is 0. The van der Waals surface area contributed by atoms with E-state index in [-0.39, 0.29) is 0 Å². The normalized spacial score (nSPS) is 25.6. The Morgan fingerprint density at radius 1 is 1.22 bits per heavy atom. The van der Waals surface area contributed by atoms with Gasteiger partial charge in [-0.25, -0.2) is 0 Å². The third-order valence-electron chi connectivity index (χ3n) is 2.10. The van der Waals surface area contributed by atoms with Gasteiger partial charge < -0.3 is 0 Å². The molecule has 52 valence electrons. The van der Waals surface area contributed by atoms with Crippen LogP contribution in [0, 0.1) is 0 Å². The van der Waals surface area contributed by atoms with Crippen molar-refractivity contribution in [1.82, 2.24) is 0 Å². The Kier molecular flexibility index (Phi) is 1.91. The van der Waals surface area contributed by atoms with Crippen LogP contribution in [0.1, 0.15) is 19.8 Å². The quantitative estimate of drug-likeness (QED) is 0.470. The molecule has 0 bridgehead atoms. The predicted molar refractivity (Wildman–Crippen MR) is 40.0 cm³/mol. The van der Waals surface area contributed by atoms with Crippen LogP contribution in [-0.4, -0.2) is 24.6 Å². The van der Waals surface area contributed by atoms with E-state index < -0.39 is 0 Å². The molecule has 9 heavy (non-hydrogen) atoms. The molecule has 0 radical (unpaired) electrons. The Bertz CT molecular complexity index is 110. The maximum atomic E-state index is 2.30. The van der Waals surface area contributed by atoms with Crippen molar-refractivity contribution < 1.29 is 4.48 Å². The molecule has 0 aromatic rings. The van der Waals surface area contributed by atoms with Crippen molar-refractivity contribution in [3.63, 3.8) is 0 Å². The van der Waals surface area contributed by atoms with Crippen LogP contribution in [0.15, 0.2) is 12.3 Å². The first-order chi connectivity index (χ1) is 4.27. The zero-order valence-electron chi connectivity index (χ0n) is 6.43. The van der Waals surface area contributed by atoms with Gasteiger partial charge in [-0.1, -0.05) is 0 Å². The van der Waals surface area contributed by atoms with E-state index in [0.29, 0.717) is 0 Å². The fraction of sp³-hybridized carbons (Fsp3) is 0.750. The van der Waals surface area contributed by atoms with Crippen molar-refractivity contribution in [3.8, 4) is 0 Å². The van der Waals surface area contributed by atoms with Gasteiger partial charge in [0.05, 0.1) is 26.3 Å². The van der Waals surface area contributed by atoms with Gasteiger partial charge in [-0.2, -0.15) is 0 Å². The SMILES string of the molecule is CC=C[N+]1(C)CCCC1. The molecular formula is C8H16N+. The number of likely N-dealkylation sites (tertiary alicyclic amines) is 1. The summed E-state index contributed by atoms with van der Waals surface area (Å²) in [5.74, 6) is 0. The van der Waals surface area contributed by atoms with E-state index in [2.05, 4.69) is 26.2 Å². The summed E-state index contributed by atoms with van der Waals surface area (Å²) in [6.07, 6.45) is 7.26. The van der Waals surface area contributed by atoms with E-state index in [0.717, 1.165) is 4.48 Å². The van der Waals surface area contributed by atoms with Gasteiger partial charge in [-0.3, -0.25) is 4.48 Å². The number of quaternary nitrogens is 1. The average Bonchev–Trinajstić information content (AvgIpc) is 2.16. The van der Waals surface area contributed by atoms with E-state index in [9.17, 15) is 0 Å². The van der Waals surface area contributed by atoms with Crippen molar-refractivity contribution in [1.29, 1.82) is 0 Å². The van der Waals surface area contributed by atoms with E-state index in [1.54, 1.807) is 0 Å². The summed E-state index contributed by atoms with van der Waals surface area (Å²) in [5, 5.41) is 0. The monoisotopic (exact) mass is 126 g/mol. The van der Waals surface area contributed by atoms with Crippen LogP contribution < -0.4 is 0 Å². The minimum absolute atomic E-state index is 1.16. The summed E-state index contributed by atoms with van der Waals surface area (Å²) in [5.41, 5.74) is 0. The molecule has 1 heterocycles. The lowest BCUT2D eigenvalue weighted by Crippen LogP contribution is -2.33. The van der Waals surface area contributed by atoms with Gasteiger partial charge in [0.15, 0.2) is 0 Å². The minimum atomic E-state index is 1.16. The zero-order valence-corrected chi connectivity index (χ0v) is 6.43. The Morgan fingerprint density at radius 3 is 2.22 bits per heavy atom. The number of rotatable bonds is 1. The summed E-state index contributed by atoms with van der Waals surface area (Å²) in [6.45, 7) is 4.77. The molecule has 1 fully saturated rings. The van der Waals surface area contributed by atoms with Crippen LogP contribution in [0.2, 0.25) is 0 Å². The van der Waals surface area contributed by atoms with Crippen LogP contribution in [-0.2, 0) is 0 Å². The average molecular weight is 126 g/mol. The number of allylic oxidation sites excluding steroid dienone is 1. The standard InChI is InChI=1S/C8H16N/c1-3-6-9(2)7-4-5-8-9/h3,6H,4-5,7-8H2,1-2H3/q+1. The molecule has 0 aromatic heterocycles. The summed E-state index contributed by atoms with van der Waals surface area (Å²) in [4.78, 5) is 0. The van der Waals surface area contributed by atoms with Crippen LogP contribution in [0.4, 0.5) is 0 Å². The summed E-state index contributed by atoms with van der Waals surface area (Å²) >= 11 is 0. The number of hydrogen-bond donors (Lipinski definition) is 0. The van der Waals surface area contributed by atoms with Crippen molar-refractivity contribution in [2.45, 2.75) is 19.8 Å². The molecule has 0 atom stereocenters. The molecule has 0 aliphatic carbocycles. The maximum absolute atomic E-state index is 2.30. The molecular weight excluding hydrogens is 110 g/mol. The van der Waals surface area contributed by atoms with Gasteiger partial charge >= 0.3 is 0 Å². The fourth-order valence-electron chi connectivity index (χ4n) is 1.57. The van der Waals surface area contributed by atoms with Crippen molar-refractivity contribution in [2.24, 2.45) is 0 Å². The highest BCUT2D eigenvalue weighted by Crippen LogP contribution is 2.16. The molecule has 1 heteroatoms. The van der Waals surface area contributed by atoms with Crippen LogP contribution in [0.5, 0.6) is 0 Å². The topological polar surface area (TPSA) is 0 Å². The first-order valence-corrected chi connectivity index (χ1v) is 3.75. The zero-order chi connectivity index (χ0) is 6.74. The second-order valence-corrected chi connectivity index (χ2v) is 3.12. The fourth-order valence-corrected chi connectivity index (χ4v) is 1.57. The highest BCUT2D eigenvalue weighted by Gasteiger charge is 2.23. The summed E-state index contributed by atoms with van der Waals surface area (Å²) in [7, 11) is 2.30. The molecule has 1 aliphatic heterocycles. The van der Waals surface area contributed by atoms with Crippen LogP contribution in [0.25, 0.3) is 0 Å². The first kappa shape index (κ1) is 6.81. The third-order valence-corrected chi connectivity index (χ3v) is 2.10. The smallest absolute Gasteiger partial charge is 0.0913 e. The lowest BCUT2D eigenvalue weighted by Gasteiger charge is -2.23.